The molecule has 0 aliphatic heterocycles. The Morgan fingerprint density at radius 3 is 1.93 bits per heavy atom. The number of carbonyl (C=O) groups is 2. The van der Waals surface area contributed by atoms with Crippen LogP contribution in [0.4, 0.5) is 0 Å². The number of allylic oxidation sites excluding steroid dienone is 4. The summed E-state index contributed by atoms with van der Waals surface area (Å²) in [6.45, 7) is 15.2. The zero-order valence-electron chi connectivity index (χ0n) is 17.9. The summed E-state index contributed by atoms with van der Waals surface area (Å²) in [5.74, 6) is 12.4. The van der Waals surface area contributed by atoms with Crippen LogP contribution in [0.2, 0.25) is 0 Å². The molecule has 0 saturated carbocycles. The normalized spacial score (nSPS) is 18.4. The summed E-state index contributed by atoms with van der Waals surface area (Å²) in [5.41, 5.74) is 1.86. The van der Waals surface area contributed by atoms with Gasteiger partial charge in [-0.25, -0.2) is 0 Å². The van der Waals surface area contributed by atoms with Gasteiger partial charge in [0.25, 0.3) is 0 Å². The van der Waals surface area contributed by atoms with Gasteiger partial charge < -0.3 is 5.11 Å². The maximum atomic E-state index is 12.8. The molecule has 3 unspecified atom stereocenters. The lowest BCUT2D eigenvalue weighted by molar-refractivity contribution is -0.117. The molecule has 1 aliphatic carbocycles. The van der Waals surface area contributed by atoms with Gasteiger partial charge in [-0.05, 0) is 32.6 Å². The van der Waals surface area contributed by atoms with E-state index < -0.39 is 5.41 Å². The summed E-state index contributed by atoms with van der Waals surface area (Å²) >= 11 is 0. The molecule has 0 aromatic carbocycles. The Bertz CT molecular complexity index is 800. The van der Waals surface area contributed by atoms with Gasteiger partial charge in [0.2, 0.25) is 0 Å². The summed E-state index contributed by atoms with van der Waals surface area (Å²) in [6.07, 6.45) is 0.696. The standard InChI is InChI=1S/C24H32O3/c1-15(11-12-17(3)16(2)10-9-13-25)14-24(7,8)21-20(6)22(26)18(4)19(5)23(21)27/h15-17,25H,13-14H2,1-8H3. The number of hydrogen-bond donors (Lipinski definition) is 1. The van der Waals surface area contributed by atoms with Crippen molar-refractivity contribution in [3.63, 3.8) is 0 Å². The highest BCUT2D eigenvalue weighted by atomic mass is 16.2. The van der Waals surface area contributed by atoms with Gasteiger partial charge in [-0.1, -0.05) is 58.3 Å². The summed E-state index contributed by atoms with van der Waals surface area (Å²) < 4.78 is 0. The van der Waals surface area contributed by atoms with Crippen LogP contribution in [0.15, 0.2) is 22.3 Å². The van der Waals surface area contributed by atoms with E-state index in [2.05, 4.69) is 23.7 Å². The zero-order chi connectivity index (χ0) is 20.9. The summed E-state index contributed by atoms with van der Waals surface area (Å²) in [5, 5.41) is 8.79. The monoisotopic (exact) mass is 368 g/mol. The highest BCUT2D eigenvalue weighted by Crippen LogP contribution is 2.40. The van der Waals surface area contributed by atoms with E-state index in [1.54, 1.807) is 20.8 Å². The molecular formula is C24H32O3. The van der Waals surface area contributed by atoms with E-state index in [0.29, 0.717) is 28.7 Å². The van der Waals surface area contributed by atoms with Gasteiger partial charge in [-0.15, -0.1) is 0 Å². The predicted molar refractivity (Wildman–Crippen MR) is 110 cm³/mol. The van der Waals surface area contributed by atoms with Crippen LogP contribution in [0.25, 0.3) is 0 Å². The Kier molecular flexibility index (Phi) is 7.82. The van der Waals surface area contributed by atoms with E-state index in [0.717, 1.165) is 0 Å². The largest absolute Gasteiger partial charge is 0.384 e. The first-order valence-corrected chi connectivity index (χ1v) is 9.52. The molecular weight excluding hydrogens is 336 g/mol. The third kappa shape index (κ3) is 5.44. The van der Waals surface area contributed by atoms with Crippen molar-refractivity contribution in [2.75, 3.05) is 6.61 Å². The minimum absolute atomic E-state index is 0.0176. The zero-order valence-corrected chi connectivity index (χ0v) is 17.9. The van der Waals surface area contributed by atoms with Crippen LogP contribution < -0.4 is 0 Å². The Labute approximate surface area is 164 Å². The smallest absolute Gasteiger partial charge is 0.186 e. The maximum Gasteiger partial charge on any atom is 0.186 e. The molecule has 3 atom stereocenters. The molecule has 0 bridgehead atoms. The van der Waals surface area contributed by atoms with Crippen LogP contribution in [-0.4, -0.2) is 23.3 Å². The second-order valence-corrected chi connectivity index (χ2v) is 8.24. The van der Waals surface area contributed by atoms with Gasteiger partial charge in [0.1, 0.15) is 6.61 Å². The Morgan fingerprint density at radius 1 is 0.852 bits per heavy atom. The number of ketones is 2. The quantitative estimate of drug-likeness (QED) is 0.600. The number of aliphatic hydroxyl groups excluding tert-OH is 1. The molecule has 0 aromatic heterocycles. The molecule has 0 spiro atoms. The summed E-state index contributed by atoms with van der Waals surface area (Å²) in [7, 11) is 0. The van der Waals surface area contributed by atoms with Crippen LogP contribution in [0.1, 0.15) is 61.8 Å². The Balaban J connectivity index is 3.00. The van der Waals surface area contributed by atoms with E-state index in [1.807, 2.05) is 34.6 Å². The molecule has 0 heterocycles. The molecule has 3 heteroatoms. The van der Waals surface area contributed by atoms with E-state index >= 15 is 0 Å². The van der Waals surface area contributed by atoms with Crippen molar-refractivity contribution in [2.45, 2.75) is 61.8 Å². The number of hydrogen-bond acceptors (Lipinski definition) is 3. The predicted octanol–water partition coefficient (Wildman–Crippen LogP) is 4.11. The SMILES string of the molecule is CC1=C(C)C(=O)C(C(C)(C)CC(C)C#CC(C)C(C)C#CCO)=C(C)C1=O. The minimum Gasteiger partial charge on any atom is -0.384 e. The lowest BCUT2D eigenvalue weighted by Crippen LogP contribution is -2.31. The van der Waals surface area contributed by atoms with Gasteiger partial charge in [0, 0.05) is 40.0 Å². The minimum atomic E-state index is -0.432. The average Bonchev–Trinajstić information content (AvgIpc) is 2.60. The number of rotatable bonds is 4. The van der Waals surface area contributed by atoms with Gasteiger partial charge in [-0.2, -0.15) is 0 Å². The highest BCUT2D eigenvalue weighted by Gasteiger charge is 2.37. The Hall–Kier alpha value is -2.10. The van der Waals surface area contributed by atoms with E-state index in [1.165, 1.54) is 0 Å². The second-order valence-electron chi connectivity index (χ2n) is 8.24. The van der Waals surface area contributed by atoms with Crippen molar-refractivity contribution in [1.29, 1.82) is 0 Å². The molecule has 0 radical (unpaired) electrons. The molecule has 1 rings (SSSR count). The first-order chi connectivity index (χ1) is 12.4. The molecule has 0 fully saturated rings. The van der Waals surface area contributed by atoms with Gasteiger partial charge in [0.05, 0.1) is 0 Å². The lowest BCUT2D eigenvalue weighted by Gasteiger charge is -2.33. The third-order valence-corrected chi connectivity index (χ3v) is 5.40. The third-order valence-electron chi connectivity index (χ3n) is 5.40. The van der Waals surface area contributed by atoms with Crippen LogP contribution in [0.3, 0.4) is 0 Å². The van der Waals surface area contributed by atoms with Crippen LogP contribution in [0, 0.1) is 46.9 Å². The lowest BCUT2D eigenvalue weighted by atomic mass is 9.69. The number of Topliss-reactive ketones (excluding diaryl/α,β-unsaturated/α-hetero) is 2. The topological polar surface area (TPSA) is 54.4 Å². The average molecular weight is 369 g/mol. The van der Waals surface area contributed by atoms with E-state index in [4.69, 9.17) is 5.11 Å². The maximum absolute atomic E-state index is 12.8. The molecule has 0 aromatic rings. The fourth-order valence-corrected chi connectivity index (χ4v) is 3.56. The number of carbonyl (C=O) groups excluding carboxylic acids is 2. The molecule has 3 nitrogen and oxygen atoms in total. The molecule has 1 aliphatic rings. The fourth-order valence-electron chi connectivity index (χ4n) is 3.56. The molecule has 27 heavy (non-hydrogen) atoms. The fraction of sp³-hybridized carbons (Fsp3) is 0.583. The summed E-state index contributed by atoms with van der Waals surface area (Å²) in [4.78, 5) is 25.3. The van der Waals surface area contributed by atoms with Crippen LogP contribution in [0.5, 0.6) is 0 Å². The van der Waals surface area contributed by atoms with Crippen LogP contribution in [-0.2, 0) is 9.59 Å². The number of aliphatic hydroxyl groups is 1. The van der Waals surface area contributed by atoms with E-state index in [9.17, 15) is 9.59 Å². The summed E-state index contributed by atoms with van der Waals surface area (Å²) in [6, 6.07) is 0. The van der Waals surface area contributed by atoms with Crippen molar-refractivity contribution < 1.29 is 14.7 Å². The van der Waals surface area contributed by atoms with Gasteiger partial charge in [0.15, 0.2) is 11.6 Å². The van der Waals surface area contributed by atoms with Crippen molar-refractivity contribution in [3.8, 4) is 23.7 Å². The van der Waals surface area contributed by atoms with Crippen molar-refractivity contribution >= 4 is 11.6 Å². The molecule has 0 amide bonds. The first-order valence-electron chi connectivity index (χ1n) is 9.52. The molecule has 1 N–H and O–H groups in total. The van der Waals surface area contributed by atoms with Gasteiger partial charge >= 0.3 is 0 Å². The molecule has 146 valence electrons. The highest BCUT2D eigenvalue weighted by molar-refractivity contribution is 6.25. The van der Waals surface area contributed by atoms with Crippen molar-refractivity contribution in [1.82, 2.24) is 0 Å². The first kappa shape index (κ1) is 22.9. The Morgan fingerprint density at radius 2 is 1.37 bits per heavy atom. The van der Waals surface area contributed by atoms with E-state index in [-0.39, 0.29) is 35.9 Å². The second kappa shape index (κ2) is 9.20. The van der Waals surface area contributed by atoms with Crippen molar-refractivity contribution in [2.24, 2.45) is 23.2 Å². The van der Waals surface area contributed by atoms with Gasteiger partial charge in [-0.3, -0.25) is 9.59 Å². The van der Waals surface area contributed by atoms with Crippen LogP contribution >= 0.6 is 0 Å². The van der Waals surface area contributed by atoms with Crippen molar-refractivity contribution in [3.05, 3.63) is 22.3 Å². The molecule has 0 saturated heterocycles.